The van der Waals surface area contributed by atoms with Gasteiger partial charge in [0.05, 0.1) is 5.71 Å². The number of oxime groups is 1. The van der Waals surface area contributed by atoms with Gasteiger partial charge in [0.15, 0.2) is 0 Å². The van der Waals surface area contributed by atoms with Crippen LogP contribution in [0.4, 0.5) is 0 Å². The van der Waals surface area contributed by atoms with Crippen LogP contribution in [0.1, 0.15) is 49.4 Å². The first-order valence-electron chi connectivity index (χ1n) is 9.21. The summed E-state index contributed by atoms with van der Waals surface area (Å²) in [4.78, 5) is 5.31. The maximum absolute atomic E-state index is 5.31. The van der Waals surface area contributed by atoms with Crippen molar-refractivity contribution in [1.82, 2.24) is 5.32 Å². The van der Waals surface area contributed by atoms with Crippen LogP contribution < -0.4 is 5.32 Å². The topological polar surface area (TPSA) is 33.6 Å². The zero-order valence-corrected chi connectivity index (χ0v) is 15.0. The average Bonchev–Trinajstić information content (AvgIpc) is 2.65. The Kier molecular flexibility index (Phi) is 4.34. The second-order valence-corrected chi connectivity index (χ2v) is 7.47. The van der Waals surface area contributed by atoms with E-state index in [9.17, 15) is 0 Å². The quantitative estimate of drug-likeness (QED) is 0.812. The Hall–Kier alpha value is -2.13. The summed E-state index contributed by atoms with van der Waals surface area (Å²) in [7, 11) is 1.67. The molecular weight excluding hydrogens is 308 g/mol. The van der Waals surface area contributed by atoms with Crippen molar-refractivity contribution in [1.29, 1.82) is 0 Å². The largest absolute Gasteiger partial charge is 0.399 e. The van der Waals surface area contributed by atoms with Gasteiger partial charge < -0.3 is 10.2 Å². The van der Waals surface area contributed by atoms with E-state index in [1.165, 1.54) is 23.3 Å². The summed E-state index contributed by atoms with van der Waals surface area (Å²) >= 11 is 0. The highest BCUT2D eigenvalue weighted by molar-refractivity contribution is 5.94. The van der Waals surface area contributed by atoms with Crippen molar-refractivity contribution in [3.05, 3.63) is 71.8 Å². The third-order valence-electron chi connectivity index (χ3n) is 6.01. The van der Waals surface area contributed by atoms with Gasteiger partial charge in [0.1, 0.15) is 7.11 Å². The molecule has 1 saturated carbocycles. The molecule has 2 aliphatic rings. The van der Waals surface area contributed by atoms with E-state index in [0.717, 1.165) is 12.8 Å². The van der Waals surface area contributed by atoms with Gasteiger partial charge in [-0.15, -0.1) is 0 Å². The molecule has 1 aliphatic carbocycles. The molecule has 3 nitrogen and oxygen atoms in total. The van der Waals surface area contributed by atoms with Crippen LogP contribution in [0.25, 0.3) is 0 Å². The SMILES string of the molecule is CO/N=C1\C2CCCC1(C)C(c1ccccc1)NC2c1ccccc1. The molecule has 130 valence electrons. The van der Waals surface area contributed by atoms with Crippen LogP contribution >= 0.6 is 0 Å². The third kappa shape index (κ3) is 2.77. The summed E-state index contributed by atoms with van der Waals surface area (Å²) in [6, 6.07) is 22.1. The van der Waals surface area contributed by atoms with Crippen LogP contribution in [-0.4, -0.2) is 12.8 Å². The maximum atomic E-state index is 5.31. The van der Waals surface area contributed by atoms with Crippen molar-refractivity contribution in [3.63, 3.8) is 0 Å². The van der Waals surface area contributed by atoms with Crippen LogP contribution in [0.2, 0.25) is 0 Å². The van der Waals surface area contributed by atoms with Crippen molar-refractivity contribution < 1.29 is 4.84 Å². The van der Waals surface area contributed by atoms with E-state index >= 15 is 0 Å². The van der Waals surface area contributed by atoms with Crippen molar-refractivity contribution >= 4 is 5.71 Å². The molecule has 4 unspecified atom stereocenters. The first kappa shape index (κ1) is 16.3. The minimum atomic E-state index is -0.00837. The highest BCUT2D eigenvalue weighted by Crippen LogP contribution is 2.53. The normalized spacial score (nSPS) is 33.2. The predicted molar refractivity (Wildman–Crippen MR) is 101 cm³/mol. The van der Waals surface area contributed by atoms with E-state index in [4.69, 9.17) is 4.84 Å². The lowest BCUT2D eigenvalue weighted by atomic mass is 9.58. The van der Waals surface area contributed by atoms with E-state index in [1.54, 1.807) is 7.11 Å². The zero-order valence-electron chi connectivity index (χ0n) is 15.0. The summed E-state index contributed by atoms with van der Waals surface area (Å²) in [6.07, 6.45) is 3.53. The fourth-order valence-electron chi connectivity index (χ4n) is 4.84. The average molecular weight is 334 g/mol. The van der Waals surface area contributed by atoms with Gasteiger partial charge in [0.2, 0.25) is 0 Å². The molecule has 1 saturated heterocycles. The van der Waals surface area contributed by atoms with Crippen LogP contribution in [0.15, 0.2) is 65.8 Å². The smallest absolute Gasteiger partial charge is 0.106 e. The Labute approximate surface area is 150 Å². The Balaban J connectivity index is 1.83. The monoisotopic (exact) mass is 334 g/mol. The number of hydrogen-bond donors (Lipinski definition) is 1. The van der Waals surface area contributed by atoms with Gasteiger partial charge in [-0.3, -0.25) is 0 Å². The number of rotatable bonds is 3. The third-order valence-corrected chi connectivity index (χ3v) is 6.01. The molecule has 4 rings (SSSR count). The lowest BCUT2D eigenvalue weighted by Gasteiger charge is -2.53. The molecule has 1 N–H and O–H groups in total. The number of nitrogens with zero attached hydrogens (tertiary/aromatic N) is 1. The first-order chi connectivity index (χ1) is 12.2. The van der Waals surface area contributed by atoms with Gasteiger partial charge in [-0.25, -0.2) is 0 Å². The number of piperidine rings is 1. The Bertz CT molecular complexity index is 743. The first-order valence-corrected chi connectivity index (χ1v) is 9.21. The number of hydrogen-bond acceptors (Lipinski definition) is 3. The molecule has 4 atom stereocenters. The molecule has 2 bridgehead atoms. The molecule has 0 aromatic heterocycles. The minimum Gasteiger partial charge on any atom is -0.399 e. The predicted octanol–water partition coefficient (Wildman–Crippen LogP) is 4.88. The zero-order chi connectivity index (χ0) is 17.3. The maximum Gasteiger partial charge on any atom is 0.106 e. The Morgan fingerprint density at radius 2 is 1.64 bits per heavy atom. The minimum absolute atomic E-state index is 0.00837. The van der Waals surface area contributed by atoms with Crippen molar-refractivity contribution in [2.45, 2.75) is 38.3 Å². The van der Waals surface area contributed by atoms with E-state index in [-0.39, 0.29) is 17.5 Å². The highest BCUT2D eigenvalue weighted by Gasteiger charge is 2.52. The van der Waals surface area contributed by atoms with E-state index in [0.29, 0.717) is 5.92 Å². The molecule has 0 amide bonds. The molecule has 2 aromatic carbocycles. The number of nitrogens with one attached hydrogen (secondary N) is 1. The molecule has 3 heteroatoms. The van der Waals surface area contributed by atoms with Crippen LogP contribution in [-0.2, 0) is 4.84 Å². The fraction of sp³-hybridized carbons (Fsp3) is 0.409. The summed E-state index contributed by atoms with van der Waals surface area (Å²) in [5.41, 5.74) is 3.88. The fourth-order valence-corrected chi connectivity index (χ4v) is 4.84. The molecule has 2 aromatic rings. The molecule has 1 heterocycles. The van der Waals surface area contributed by atoms with Gasteiger partial charge in [0, 0.05) is 23.4 Å². The Morgan fingerprint density at radius 1 is 1.00 bits per heavy atom. The standard InChI is InChI=1S/C22H26N2O/c1-22-15-9-14-18(21(22)24-25-2)19(16-10-5-3-6-11-16)23-20(22)17-12-7-4-8-13-17/h3-8,10-13,18-20,23H,9,14-15H2,1-2H3/b24-21+. The second-order valence-electron chi connectivity index (χ2n) is 7.47. The van der Waals surface area contributed by atoms with E-state index in [2.05, 4.69) is 78.1 Å². The van der Waals surface area contributed by atoms with E-state index < -0.39 is 0 Å². The van der Waals surface area contributed by atoms with Gasteiger partial charge in [-0.1, -0.05) is 79.2 Å². The summed E-state index contributed by atoms with van der Waals surface area (Å²) in [6.45, 7) is 2.35. The Morgan fingerprint density at radius 3 is 2.28 bits per heavy atom. The molecular formula is C22H26N2O. The van der Waals surface area contributed by atoms with Crippen LogP contribution in [0.3, 0.4) is 0 Å². The second kappa shape index (κ2) is 6.64. The number of benzene rings is 2. The van der Waals surface area contributed by atoms with E-state index in [1.807, 2.05) is 0 Å². The summed E-state index contributed by atoms with van der Waals surface area (Å²) < 4.78 is 0. The van der Waals surface area contributed by atoms with Gasteiger partial charge in [-0.05, 0) is 24.0 Å². The van der Waals surface area contributed by atoms with Crippen molar-refractivity contribution in [2.75, 3.05) is 7.11 Å². The van der Waals surface area contributed by atoms with Gasteiger partial charge >= 0.3 is 0 Å². The number of fused-ring (bicyclic) bond motifs is 2. The highest BCUT2D eigenvalue weighted by atomic mass is 16.6. The summed E-state index contributed by atoms with van der Waals surface area (Å²) in [5.74, 6) is 0.390. The lowest BCUT2D eigenvalue weighted by Crippen LogP contribution is -2.56. The van der Waals surface area contributed by atoms with Crippen molar-refractivity contribution in [2.24, 2.45) is 16.5 Å². The molecule has 0 radical (unpaired) electrons. The van der Waals surface area contributed by atoms with Gasteiger partial charge in [0.25, 0.3) is 0 Å². The van der Waals surface area contributed by atoms with Crippen LogP contribution in [0.5, 0.6) is 0 Å². The molecule has 1 aliphatic heterocycles. The lowest BCUT2D eigenvalue weighted by molar-refractivity contribution is 0.135. The molecule has 2 fully saturated rings. The van der Waals surface area contributed by atoms with Crippen molar-refractivity contribution in [3.8, 4) is 0 Å². The van der Waals surface area contributed by atoms with Gasteiger partial charge in [-0.2, -0.15) is 0 Å². The summed E-state index contributed by atoms with van der Waals surface area (Å²) in [5, 5.41) is 8.55. The van der Waals surface area contributed by atoms with Crippen LogP contribution in [0, 0.1) is 11.3 Å². The molecule has 25 heavy (non-hydrogen) atoms. The molecule has 0 spiro atoms.